The molecule has 2 aromatic rings. The van der Waals surface area contributed by atoms with Gasteiger partial charge in [0.2, 0.25) is 0 Å². The van der Waals surface area contributed by atoms with E-state index < -0.39 is 42.5 Å². The first-order chi connectivity index (χ1) is 14.9. The lowest BCUT2D eigenvalue weighted by Gasteiger charge is -2.28. The van der Waals surface area contributed by atoms with Crippen LogP contribution in [0.2, 0.25) is 0 Å². The Morgan fingerprint density at radius 1 is 1.16 bits per heavy atom. The second-order valence-electron chi connectivity index (χ2n) is 8.34. The average molecular weight is 485 g/mol. The number of nitrogens with one attached hydrogen (secondary N) is 1. The molecule has 7 nitrogen and oxygen atoms in total. The van der Waals surface area contributed by atoms with Gasteiger partial charge in [-0.1, -0.05) is 12.1 Å². The molecule has 1 aliphatic rings. The minimum Gasteiger partial charge on any atom is -0.497 e. The van der Waals surface area contributed by atoms with E-state index in [1.807, 2.05) is 43.3 Å². The monoisotopic (exact) mass is 484 g/mol. The van der Waals surface area contributed by atoms with Crippen LogP contribution in [0.25, 0.3) is 0 Å². The van der Waals surface area contributed by atoms with Gasteiger partial charge < -0.3 is 15.0 Å². The van der Waals surface area contributed by atoms with Crippen molar-refractivity contribution in [3.63, 3.8) is 0 Å². The first-order valence-corrected chi connectivity index (χ1v) is 13.6. The molecule has 1 N–H and O–H groups in total. The quantitative estimate of drug-likeness (QED) is 0.573. The molecule has 3 atom stereocenters. The maximum Gasteiger partial charge on any atom is 0.183 e. The summed E-state index contributed by atoms with van der Waals surface area (Å²) in [7, 11) is -2.13. The molecule has 0 amide bonds. The number of hydrogen-bond donors (Lipinski definition) is 1. The molecule has 2 aromatic carbocycles. The fourth-order valence-corrected chi connectivity index (χ4v) is 8.77. The summed E-state index contributed by atoms with van der Waals surface area (Å²) in [6.07, 6.45) is 0. The molecule has 0 radical (unpaired) electrons. The number of ether oxygens (including phenoxy) is 1. The second kappa shape index (κ2) is 9.46. The summed E-state index contributed by atoms with van der Waals surface area (Å²) in [5, 5.41) is 2.05. The van der Waals surface area contributed by atoms with Gasteiger partial charge in [0.05, 0.1) is 28.8 Å². The van der Waals surface area contributed by atoms with Gasteiger partial charge in [0.15, 0.2) is 19.7 Å². The first-order valence-electron chi connectivity index (χ1n) is 10.2. The molecule has 32 heavy (non-hydrogen) atoms. The summed E-state index contributed by atoms with van der Waals surface area (Å²) in [5.41, 5.74) is 1.18. The molecule has 0 aromatic heterocycles. The van der Waals surface area contributed by atoms with Gasteiger partial charge >= 0.3 is 0 Å². The highest BCUT2D eigenvalue weighted by Crippen LogP contribution is 2.28. The van der Waals surface area contributed by atoms with Crippen LogP contribution < -0.4 is 10.1 Å². The van der Waals surface area contributed by atoms with E-state index in [2.05, 4.69) is 5.32 Å². The van der Waals surface area contributed by atoms with Gasteiger partial charge in [-0.2, -0.15) is 0 Å². The Morgan fingerprint density at radius 2 is 1.81 bits per heavy atom. The Morgan fingerprint density at radius 3 is 2.38 bits per heavy atom. The lowest BCUT2D eigenvalue weighted by molar-refractivity contribution is 0.281. The third-order valence-corrected chi connectivity index (χ3v) is 10.0. The fraction of sp³-hybridized carbons (Fsp3) is 0.455. The zero-order valence-electron chi connectivity index (χ0n) is 18.6. The molecular weight excluding hydrogens is 455 g/mol. The number of likely N-dealkylation sites (N-methyl/N-ethyl adjacent to an activating group) is 1. The number of rotatable bonds is 8. The van der Waals surface area contributed by atoms with Crippen LogP contribution in [0.1, 0.15) is 17.2 Å². The number of halogens is 1. The van der Waals surface area contributed by atoms with E-state index in [1.165, 1.54) is 19.1 Å². The Bertz CT molecular complexity index is 1170. The minimum atomic E-state index is -3.98. The number of hydrogen-bond acceptors (Lipinski definition) is 7. The van der Waals surface area contributed by atoms with Crippen LogP contribution in [0.15, 0.2) is 47.4 Å². The third kappa shape index (κ3) is 5.31. The van der Waals surface area contributed by atoms with Gasteiger partial charge in [0, 0.05) is 18.6 Å². The van der Waals surface area contributed by atoms with E-state index >= 15 is 0 Å². The molecular formula is C22H29FN2O5S2. The van der Waals surface area contributed by atoms with Crippen LogP contribution in [-0.2, 0) is 19.7 Å². The van der Waals surface area contributed by atoms with E-state index in [-0.39, 0.29) is 22.3 Å². The molecule has 0 spiro atoms. The van der Waals surface area contributed by atoms with Crippen molar-refractivity contribution >= 4 is 19.7 Å². The van der Waals surface area contributed by atoms with Crippen LogP contribution in [-0.4, -0.2) is 72.3 Å². The van der Waals surface area contributed by atoms with Gasteiger partial charge in [0.25, 0.3) is 0 Å². The number of nitrogens with zero attached hydrogens (tertiary/aromatic N) is 1. The summed E-state index contributed by atoms with van der Waals surface area (Å²) in [6.45, 7) is 1.83. The van der Waals surface area contributed by atoms with Gasteiger partial charge in [-0.05, 0) is 62.5 Å². The van der Waals surface area contributed by atoms with Crippen molar-refractivity contribution in [1.29, 1.82) is 0 Å². The number of methoxy groups -OCH3 is 1. The molecule has 3 rings (SSSR count). The molecule has 1 unspecified atom stereocenters. The second-order valence-corrected chi connectivity index (χ2v) is 12.7. The predicted octanol–water partition coefficient (Wildman–Crippen LogP) is 1.97. The van der Waals surface area contributed by atoms with Crippen molar-refractivity contribution in [2.45, 2.75) is 29.2 Å². The molecule has 1 fully saturated rings. The van der Waals surface area contributed by atoms with Crippen molar-refractivity contribution in [2.75, 3.05) is 39.3 Å². The van der Waals surface area contributed by atoms with Crippen molar-refractivity contribution in [3.8, 4) is 5.75 Å². The Hall–Kier alpha value is -2.01. The van der Waals surface area contributed by atoms with Crippen LogP contribution in [0.5, 0.6) is 5.75 Å². The van der Waals surface area contributed by atoms with Crippen molar-refractivity contribution in [3.05, 3.63) is 59.4 Å². The number of sulfone groups is 2. The number of aryl methyl sites for hydroxylation is 1. The van der Waals surface area contributed by atoms with E-state index in [0.717, 1.165) is 17.4 Å². The van der Waals surface area contributed by atoms with Crippen molar-refractivity contribution < 1.29 is 26.0 Å². The summed E-state index contributed by atoms with van der Waals surface area (Å²) in [4.78, 5) is 1.91. The van der Waals surface area contributed by atoms with Crippen LogP contribution in [0, 0.1) is 12.7 Å². The molecule has 176 valence electrons. The maximum atomic E-state index is 13.6. The number of benzene rings is 2. The standard InChI is InChI=1S/C22H29FN2O5S2/c1-15-11-18(9-10-19(15)23)32(28,29)22-14-31(26,27)13-20(22)24-12-21(25(2)3)16-5-7-17(30-4)8-6-16/h5-11,20-22,24H,12-14H2,1-4H3/t20-,21?,22-/m0/s1. The molecule has 0 aliphatic carbocycles. The van der Waals surface area contributed by atoms with Crippen LogP contribution in [0.4, 0.5) is 4.39 Å². The topological polar surface area (TPSA) is 92.8 Å². The van der Waals surface area contributed by atoms with Gasteiger partial charge in [-0.25, -0.2) is 21.2 Å². The Labute approximate surface area is 189 Å². The highest BCUT2D eigenvalue weighted by atomic mass is 32.2. The zero-order chi connectivity index (χ0) is 23.7. The van der Waals surface area contributed by atoms with Crippen molar-refractivity contribution in [1.82, 2.24) is 10.2 Å². The third-order valence-electron chi connectivity index (χ3n) is 5.85. The molecule has 0 bridgehead atoms. The van der Waals surface area contributed by atoms with Gasteiger partial charge in [-0.15, -0.1) is 0 Å². The molecule has 10 heteroatoms. The summed E-state index contributed by atoms with van der Waals surface area (Å²) < 4.78 is 70.1. The summed E-state index contributed by atoms with van der Waals surface area (Å²) in [5.74, 6) is -0.508. The van der Waals surface area contributed by atoms with E-state index in [9.17, 15) is 21.2 Å². The largest absolute Gasteiger partial charge is 0.497 e. The first kappa shape index (κ1) is 24.6. The lowest BCUT2D eigenvalue weighted by Crippen LogP contribution is -2.46. The normalized spacial score (nSPS) is 21.6. The SMILES string of the molecule is COc1ccc(C(CN[C@H]2CS(=O)(=O)C[C@@H]2S(=O)(=O)c2ccc(F)c(C)c2)N(C)C)cc1. The predicted molar refractivity (Wildman–Crippen MR) is 122 cm³/mol. The van der Waals surface area contributed by atoms with Crippen LogP contribution >= 0.6 is 0 Å². The minimum absolute atomic E-state index is 0.0652. The Balaban J connectivity index is 1.85. The van der Waals surface area contributed by atoms with E-state index in [0.29, 0.717) is 6.54 Å². The Kier molecular flexibility index (Phi) is 7.28. The lowest BCUT2D eigenvalue weighted by atomic mass is 10.1. The molecule has 1 saturated heterocycles. The zero-order valence-corrected chi connectivity index (χ0v) is 20.2. The molecule has 0 saturated carbocycles. The van der Waals surface area contributed by atoms with E-state index in [1.54, 1.807) is 7.11 Å². The van der Waals surface area contributed by atoms with Gasteiger partial charge in [0.1, 0.15) is 11.6 Å². The highest BCUT2D eigenvalue weighted by Gasteiger charge is 2.46. The van der Waals surface area contributed by atoms with E-state index in [4.69, 9.17) is 4.74 Å². The molecule has 1 aliphatic heterocycles. The van der Waals surface area contributed by atoms with Gasteiger partial charge in [-0.3, -0.25) is 0 Å². The van der Waals surface area contributed by atoms with Crippen LogP contribution in [0.3, 0.4) is 0 Å². The highest BCUT2D eigenvalue weighted by molar-refractivity contribution is 7.96. The maximum absolute atomic E-state index is 13.6. The average Bonchev–Trinajstić information content (AvgIpc) is 3.05. The summed E-state index contributed by atoms with van der Waals surface area (Å²) in [6, 6.07) is 10.2. The fourth-order valence-electron chi connectivity index (χ4n) is 3.97. The smallest absolute Gasteiger partial charge is 0.183 e. The molecule has 1 heterocycles. The summed E-state index contributed by atoms with van der Waals surface area (Å²) >= 11 is 0. The van der Waals surface area contributed by atoms with Crippen molar-refractivity contribution in [2.24, 2.45) is 0 Å².